The molecule has 1 N–H and O–H groups in total. The van der Waals surface area contributed by atoms with Crippen LogP contribution in [0.15, 0.2) is 24.3 Å². The van der Waals surface area contributed by atoms with Crippen LogP contribution in [0.4, 0.5) is 0 Å². The molecule has 1 aromatic carbocycles. The zero-order valence-electron chi connectivity index (χ0n) is 25.2. The Hall–Kier alpha value is -1.21. The van der Waals surface area contributed by atoms with Crippen molar-refractivity contribution in [3.63, 3.8) is 0 Å². The number of hydrogen-bond acceptors (Lipinski definition) is 5. The maximum absolute atomic E-state index is 13.6. The third-order valence-electron chi connectivity index (χ3n) is 8.11. The molecule has 208 valence electrons. The van der Waals surface area contributed by atoms with Crippen molar-refractivity contribution in [3.8, 4) is 5.75 Å². The second-order valence-electron chi connectivity index (χ2n) is 12.8. The predicted molar refractivity (Wildman–Crippen MR) is 152 cm³/mol. The Morgan fingerprint density at radius 1 is 0.889 bits per heavy atom. The van der Waals surface area contributed by atoms with Crippen molar-refractivity contribution in [1.29, 1.82) is 0 Å². The Balaban J connectivity index is 2.96. The van der Waals surface area contributed by atoms with Crippen molar-refractivity contribution in [1.82, 2.24) is 0 Å². The highest BCUT2D eigenvalue weighted by Crippen LogP contribution is 2.39. The molecule has 0 aliphatic heterocycles. The van der Waals surface area contributed by atoms with E-state index in [0.717, 1.165) is 11.3 Å². The number of hydrogen-bond donors (Lipinski definition) is 1. The number of ether oxygens (including phenoxy) is 2. The molecule has 6 heteroatoms. The van der Waals surface area contributed by atoms with E-state index >= 15 is 0 Å². The highest BCUT2D eigenvalue weighted by atomic mass is 28.4. The molecule has 0 bridgehead atoms. The van der Waals surface area contributed by atoms with Crippen molar-refractivity contribution in [2.75, 3.05) is 7.11 Å². The van der Waals surface area contributed by atoms with Gasteiger partial charge in [0.1, 0.15) is 11.5 Å². The normalized spacial score (nSPS) is 18.0. The summed E-state index contributed by atoms with van der Waals surface area (Å²) in [5.41, 5.74) is 1.04. The van der Waals surface area contributed by atoms with Crippen LogP contribution in [0.3, 0.4) is 0 Å². The molecule has 1 aromatic rings. The minimum absolute atomic E-state index is 0.0596. The molecule has 0 unspecified atom stereocenters. The number of carbonyl (C=O) groups is 1. The van der Waals surface area contributed by atoms with E-state index in [4.69, 9.17) is 13.9 Å². The first-order valence-corrected chi connectivity index (χ1v) is 16.5. The van der Waals surface area contributed by atoms with Crippen molar-refractivity contribution in [2.45, 2.75) is 112 Å². The first-order valence-electron chi connectivity index (χ1n) is 13.6. The zero-order valence-corrected chi connectivity index (χ0v) is 26.2. The molecule has 0 aliphatic carbocycles. The SMILES string of the molecule is COc1ccc(CO[C@@H](C(C)C)[C@@H](C)[C@@H](O)[C@H](C)C(=O)[C@@H](C)[C@H](O[Si](C)(C)C(C)(C)C)C(C)C)cc1. The standard InChI is InChI=1S/C30H54O5Si/c1-19(2)28(34-18-24-14-16-25(33-11)17-15-24)22(6)26(31)21(5)27(32)23(7)29(20(3)4)35-36(12,13)30(8,9)10/h14-17,19-23,26,28-29,31H,18H2,1-13H3/t21-,22-,23+,26-,28-,29+/m0/s1. The molecule has 1 rings (SSSR count). The fourth-order valence-electron chi connectivity index (χ4n) is 4.59. The van der Waals surface area contributed by atoms with Gasteiger partial charge in [0.05, 0.1) is 32.0 Å². The van der Waals surface area contributed by atoms with Crippen LogP contribution in [0.5, 0.6) is 5.75 Å². The Kier molecular flexibility index (Phi) is 12.3. The molecule has 0 saturated carbocycles. The summed E-state index contributed by atoms with van der Waals surface area (Å²) in [5, 5.41) is 11.4. The van der Waals surface area contributed by atoms with Gasteiger partial charge in [-0.2, -0.15) is 0 Å². The number of Topliss-reactive ketones (excluding diaryl/α,β-unsaturated/α-hetero) is 1. The van der Waals surface area contributed by atoms with Gasteiger partial charge < -0.3 is 19.0 Å². The Morgan fingerprint density at radius 3 is 1.81 bits per heavy atom. The van der Waals surface area contributed by atoms with Crippen molar-refractivity contribution in [2.24, 2.45) is 29.6 Å². The summed E-state index contributed by atoms with van der Waals surface area (Å²) in [6.07, 6.45) is -1.16. The lowest BCUT2D eigenvalue weighted by Gasteiger charge is -2.42. The van der Waals surface area contributed by atoms with Gasteiger partial charge in [-0.1, -0.05) is 81.4 Å². The quantitative estimate of drug-likeness (QED) is 0.264. The van der Waals surface area contributed by atoms with E-state index in [1.165, 1.54) is 0 Å². The van der Waals surface area contributed by atoms with Crippen LogP contribution in [0.1, 0.15) is 74.8 Å². The highest BCUT2D eigenvalue weighted by molar-refractivity contribution is 6.74. The number of aliphatic hydroxyl groups is 1. The smallest absolute Gasteiger partial charge is 0.192 e. The average Bonchev–Trinajstić information content (AvgIpc) is 2.79. The number of aliphatic hydroxyl groups excluding tert-OH is 1. The Labute approximate surface area is 222 Å². The van der Waals surface area contributed by atoms with E-state index in [1.54, 1.807) is 7.11 Å². The van der Waals surface area contributed by atoms with Crippen LogP contribution in [0.2, 0.25) is 18.1 Å². The van der Waals surface area contributed by atoms with Crippen LogP contribution in [0.25, 0.3) is 0 Å². The number of benzene rings is 1. The van der Waals surface area contributed by atoms with Gasteiger partial charge in [-0.05, 0) is 47.7 Å². The fourth-order valence-corrected chi connectivity index (χ4v) is 6.10. The molecule has 0 aromatic heterocycles. The lowest BCUT2D eigenvalue weighted by molar-refractivity contribution is -0.137. The monoisotopic (exact) mass is 522 g/mol. The molecule has 0 fully saturated rings. The summed E-state index contributed by atoms with van der Waals surface area (Å²) in [6, 6.07) is 7.81. The van der Waals surface area contributed by atoms with E-state index in [2.05, 4.69) is 61.6 Å². The summed E-state index contributed by atoms with van der Waals surface area (Å²) in [6.45, 7) is 25.8. The maximum atomic E-state index is 13.6. The van der Waals surface area contributed by atoms with Gasteiger partial charge in [-0.25, -0.2) is 0 Å². The van der Waals surface area contributed by atoms with E-state index in [0.29, 0.717) is 6.61 Å². The third kappa shape index (κ3) is 8.68. The molecule has 0 spiro atoms. The van der Waals surface area contributed by atoms with Crippen LogP contribution >= 0.6 is 0 Å². The summed E-state index contributed by atoms with van der Waals surface area (Å²) >= 11 is 0. The molecule has 0 aliphatic rings. The molecule has 5 nitrogen and oxygen atoms in total. The van der Waals surface area contributed by atoms with Crippen LogP contribution < -0.4 is 4.74 Å². The lowest BCUT2D eigenvalue weighted by atomic mass is 9.78. The number of ketones is 1. The van der Waals surface area contributed by atoms with Crippen molar-refractivity contribution >= 4 is 14.1 Å². The van der Waals surface area contributed by atoms with E-state index in [-0.39, 0.29) is 46.7 Å². The van der Waals surface area contributed by atoms with Crippen molar-refractivity contribution < 1.29 is 23.8 Å². The molecule has 0 radical (unpaired) electrons. The summed E-state index contributed by atoms with van der Waals surface area (Å²) in [5.74, 6) is 0.257. The fraction of sp³-hybridized carbons (Fsp3) is 0.767. The molecular weight excluding hydrogens is 468 g/mol. The van der Waals surface area contributed by atoms with Gasteiger partial charge >= 0.3 is 0 Å². The maximum Gasteiger partial charge on any atom is 0.192 e. The predicted octanol–water partition coefficient (Wildman–Crippen LogP) is 7.12. The molecule has 36 heavy (non-hydrogen) atoms. The molecular formula is C30H54O5Si. The number of methoxy groups -OCH3 is 1. The third-order valence-corrected chi connectivity index (χ3v) is 12.6. The second kappa shape index (κ2) is 13.5. The van der Waals surface area contributed by atoms with Gasteiger partial charge in [0.15, 0.2) is 8.32 Å². The second-order valence-corrected chi connectivity index (χ2v) is 17.5. The van der Waals surface area contributed by atoms with Crippen LogP contribution in [-0.2, 0) is 20.6 Å². The van der Waals surface area contributed by atoms with Gasteiger partial charge in [-0.3, -0.25) is 4.79 Å². The number of rotatable bonds is 14. The van der Waals surface area contributed by atoms with Gasteiger partial charge in [-0.15, -0.1) is 0 Å². The largest absolute Gasteiger partial charge is 0.497 e. The Morgan fingerprint density at radius 2 is 1.39 bits per heavy atom. The van der Waals surface area contributed by atoms with E-state index in [9.17, 15) is 9.90 Å². The first-order chi connectivity index (χ1) is 16.4. The van der Waals surface area contributed by atoms with Gasteiger partial charge in [0, 0.05) is 17.8 Å². The van der Waals surface area contributed by atoms with Crippen LogP contribution in [0, 0.1) is 29.6 Å². The minimum atomic E-state index is -2.05. The summed E-state index contributed by atoms with van der Waals surface area (Å²) < 4.78 is 18.3. The topological polar surface area (TPSA) is 65.0 Å². The average molecular weight is 523 g/mol. The summed E-state index contributed by atoms with van der Waals surface area (Å²) in [4.78, 5) is 13.6. The van der Waals surface area contributed by atoms with Crippen molar-refractivity contribution in [3.05, 3.63) is 29.8 Å². The van der Waals surface area contributed by atoms with Crippen LogP contribution in [-0.4, -0.2) is 44.6 Å². The van der Waals surface area contributed by atoms with E-state index < -0.39 is 20.3 Å². The molecule has 6 atom stereocenters. The van der Waals surface area contributed by atoms with Gasteiger partial charge in [0.2, 0.25) is 0 Å². The van der Waals surface area contributed by atoms with E-state index in [1.807, 2.05) is 45.0 Å². The minimum Gasteiger partial charge on any atom is -0.497 e. The lowest BCUT2D eigenvalue weighted by Crippen LogP contribution is -2.50. The first kappa shape index (κ1) is 32.8. The number of carbonyl (C=O) groups excluding carboxylic acids is 1. The highest BCUT2D eigenvalue weighted by Gasteiger charge is 2.43. The van der Waals surface area contributed by atoms with Gasteiger partial charge in [0.25, 0.3) is 0 Å². The Bertz CT molecular complexity index is 797. The summed E-state index contributed by atoms with van der Waals surface area (Å²) in [7, 11) is -0.399. The molecule has 0 heterocycles. The molecule has 0 saturated heterocycles. The zero-order chi connectivity index (χ0) is 28.0. The molecule has 0 amide bonds.